The minimum Gasteiger partial charge on any atom is -0.384 e. The van der Waals surface area contributed by atoms with Crippen LogP contribution < -0.4 is 16.2 Å². The number of nitrogens with zero attached hydrogens (tertiary/aromatic N) is 3. The summed E-state index contributed by atoms with van der Waals surface area (Å²) < 4.78 is 1.44. The van der Waals surface area contributed by atoms with Crippen LogP contribution in [0, 0.1) is 18.8 Å². The Balaban J connectivity index is 1.16. The summed E-state index contributed by atoms with van der Waals surface area (Å²) in [4.78, 5) is 44.6. The number of aromatic nitrogens is 2. The predicted octanol–water partition coefficient (Wildman–Crippen LogP) is 3.00. The van der Waals surface area contributed by atoms with Crippen LogP contribution in [0.1, 0.15) is 63.2 Å². The summed E-state index contributed by atoms with van der Waals surface area (Å²) >= 11 is 0. The molecule has 8 nitrogen and oxygen atoms in total. The van der Waals surface area contributed by atoms with E-state index in [4.69, 9.17) is 0 Å². The maximum Gasteiger partial charge on any atom is 0.264 e. The van der Waals surface area contributed by atoms with Crippen molar-refractivity contribution in [1.29, 1.82) is 0 Å². The molecule has 1 aromatic carbocycles. The van der Waals surface area contributed by atoms with Gasteiger partial charge in [-0.15, -0.1) is 0 Å². The van der Waals surface area contributed by atoms with Crippen molar-refractivity contribution in [2.45, 2.75) is 64.3 Å². The SMILES string of the molecule is Cc1nc2cccc(NCCCCCCCN3CC4CC4C3)c2c(=O)n1C1CCC(=O)NC1=O. The van der Waals surface area contributed by atoms with E-state index in [2.05, 4.69) is 20.5 Å². The molecule has 5 rings (SSSR count). The van der Waals surface area contributed by atoms with Crippen LogP contribution in [0.15, 0.2) is 23.0 Å². The van der Waals surface area contributed by atoms with Crippen molar-refractivity contribution in [3.63, 3.8) is 0 Å². The molecule has 34 heavy (non-hydrogen) atoms. The maximum absolute atomic E-state index is 13.4. The number of likely N-dealkylation sites (tertiary alicyclic amines) is 1. The third-order valence-corrected chi connectivity index (χ3v) is 7.65. The molecule has 3 aliphatic rings. The molecule has 3 heterocycles. The second kappa shape index (κ2) is 9.86. The number of piperidine rings is 2. The minimum atomic E-state index is -0.707. The summed E-state index contributed by atoms with van der Waals surface area (Å²) in [5.74, 6) is 1.79. The lowest BCUT2D eigenvalue weighted by molar-refractivity contribution is -0.135. The quantitative estimate of drug-likeness (QED) is 0.414. The predicted molar refractivity (Wildman–Crippen MR) is 132 cm³/mol. The fourth-order valence-corrected chi connectivity index (χ4v) is 5.69. The van der Waals surface area contributed by atoms with E-state index in [1.54, 1.807) is 6.92 Å². The number of carbonyl (C=O) groups excluding carboxylic acids is 2. The molecule has 2 saturated heterocycles. The lowest BCUT2D eigenvalue weighted by Crippen LogP contribution is -2.45. The number of aryl methyl sites for hydroxylation is 1. The van der Waals surface area contributed by atoms with E-state index >= 15 is 0 Å². The Bertz CT molecular complexity index is 1130. The van der Waals surface area contributed by atoms with Crippen molar-refractivity contribution in [3.05, 3.63) is 34.4 Å². The molecular formula is C26H35N5O3. The second-order valence-electron chi connectivity index (χ2n) is 10.2. The number of amides is 2. The first-order chi connectivity index (χ1) is 16.5. The van der Waals surface area contributed by atoms with Gasteiger partial charge < -0.3 is 10.2 Å². The molecule has 0 radical (unpaired) electrons. The van der Waals surface area contributed by atoms with Crippen LogP contribution >= 0.6 is 0 Å². The van der Waals surface area contributed by atoms with Gasteiger partial charge in [-0.05, 0) is 63.1 Å². The number of imide groups is 1. The van der Waals surface area contributed by atoms with E-state index in [-0.39, 0.29) is 17.9 Å². The first kappa shape index (κ1) is 23.0. The van der Waals surface area contributed by atoms with Crippen LogP contribution in [0.4, 0.5) is 5.69 Å². The lowest BCUT2D eigenvalue weighted by atomic mass is 10.1. The summed E-state index contributed by atoms with van der Waals surface area (Å²) in [5.41, 5.74) is 1.14. The number of unbranched alkanes of at least 4 members (excludes halogenated alkanes) is 4. The molecule has 3 atom stereocenters. The summed E-state index contributed by atoms with van der Waals surface area (Å²) in [5, 5.41) is 6.27. The largest absolute Gasteiger partial charge is 0.384 e. The highest BCUT2D eigenvalue weighted by molar-refractivity contribution is 5.99. The van der Waals surface area contributed by atoms with E-state index in [1.807, 2.05) is 18.2 Å². The molecule has 2 N–H and O–H groups in total. The Morgan fingerprint density at radius 2 is 1.82 bits per heavy atom. The molecule has 3 fully saturated rings. The van der Waals surface area contributed by atoms with Crippen LogP contribution in [0.25, 0.3) is 10.9 Å². The van der Waals surface area contributed by atoms with Gasteiger partial charge in [0.15, 0.2) is 0 Å². The van der Waals surface area contributed by atoms with Crippen molar-refractivity contribution in [1.82, 2.24) is 19.8 Å². The Morgan fingerprint density at radius 3 is 2.62 bits per heavy atom. The first-order valence-corrected chi connectivity index (χ1v) is 12.8. The summed E-state index contributed by atoms with van der Waals surface area (Å²) in [6, 6.07) is 4.92. The van der Waals surface area contributed by atoms with Crippen LogP contribution in [0.3, 0.4) is 0 Å². The van der Waals surface area contributed by atoms with Crippen LogP contribution in [0.2, 0.25) is 0 Å². The van der Waals surface area contributed by atoms with Gasteiger partial charge in [0.1, 0.15) is 11.9 Å². The molecule has 182 valence electrons. The molecule has 1 saturated carbocycles. The fourth-order valence-electron chi connectivity index (χ4n) is 5.69. The average Bonchev–Trinajstić information content (AvgIpc) is 3.42. The Hall–Kier alpha value is -2.74. The zero-order valence-corrected chi connectivity index (χ0v) is 20.0. The van der Waals surface area contributed by atoms with Crippen LogP contribution in [0.5, 0.6) is 0 Å². The zero-order chi connectivity index (χ0) is 23.7. The first-order valence-electron chi connectivity index (χ1n) is 12.8. The maximum atomic E-state index is 13.4. The van der Waals surface area contributed by atoms with Crippen molar-refractivity contribution >= 4 is 28.4 Å². The summed E-state index contributed by atoms with van der Waals surface area (Å²) in [6.07, 6.45) is 8.03. The second-order valence-corrected chi connectivity index (χ2v) is 10.2. The molecule has 1 aromatic heterocycles. The average molecular weight is 466 g/mol. The number of rotatable bonds is 10. The van der Waals surface area contributed by atoms with Gasteiger partial charge in [-0.25, -0.2) is 4.98 Å². The normalized spacial score (nSPS) is 24.3. The van der Waals surface area contributed by atoms with Crippen molar-refractivity contribution < 1.29 is 9.59 Å². The van der Waals surface area contributed by atoms with Gasteiger partial charge >= 0.3 is 0 Å². The number of benzene rings is 1. The van der Waals surface area contributed by atoms with Gasteiger partial charge in [0.05, 0.1) is 10.9 Å². The van der Waals surface area contributed by atoms with E-state index in [1.165, 1.54) is 56.3 Å². The van der Waals surface area contributed by atoms with E-state index in [0.717, 1.165) is 30.5 Å². The number of fused-ring (bicyclic) bond motifs is 2. The highest BCUT2D eigenvalue weighted by Crippen LogP contribution is 2.44. The molecular weight excluding hydrogens is 430 g/mol. The monoisotopic (exact) mass is 465 g/mol. The van der Waals surface area contributed by atoms with Gasteiger partial charge in [-0.2, -0.15) is 0 Å². The van der Waals surface area contributed by atoms with Crippen molar-refractivity contribution in [2.24, 2.45) is 11.8 Å². The molecule has 2 aliphatic heterocycles. The van der Waals surface area contributed by atoms with Crippen LogP contribution in [-0.4, -0.2) is 52.4 Å². The van der Waals surface area contributed by atoms with Crippen LogP contribution in [-0.2, 0) is 9.59 Å². The third kappa shape index (κ3) is 4.87. The third-order valence-electron chi connectivity index (χ3n) is 7.65. The van der Waals surface area contributed by atoms with Gasteiger partial charge in [0, 0.05) is 31.7 Å². The molecule has 2 aromatic rings. The molecule has 0 bridgehead atoms. The van der Waals surface area contributed by atoms with Gasteiger partial charge in [-0.1, -0.05) is 25.3 Å². The van der Waals surface area contributed by atoms with E-state index in [0.29, 0.717) is 23.1 Å². The number of anilines is 1. The smallest absolute Gasteiger partial charge is 0.264 e. The highest BCUT2D eigenvalue weighted by Gasteiger charge is 2.44. The molecule has 3 unspecified atom stereocenters. The van der Waals surface area contributed by atoms with Gasteiger partial charge in [0.25, 0.3) is 5.56 Å². The van der Waals surface area contributed by atoms with Gasteiger partial charge in [-0.3, -0.25) is 24.3 Å². The minimum absolute atomic E-state index is 0.222. The lowest BCUT2D eigenvalue weighted by Gasteiger charge is -2.24. The highest BCUT2D eigenvalue weighted by atomic mass is 16.2. The van der Waals surface area contributed by atoms with E-state index < -0.39 is 11.9 Å². The van der Waals surface area contributed by atoms with Crippen molar-refractivity contribution in [2.75, 3.05) is 31.5 Å². The summed E-state index contributed by atoms with van der Waals surface area (Å²) in [6.45, 7) is 6.45. The number of hydrogen-bond donors (Lipinski definition) is 2. The molecule has 1 aliphatic carbocycles. The topological polar surface area (TPSA) is 96.3 Å². The van der Waals surface area contributed by atoms with Crippen molar-refractivity contribution in [3.8, 4) is 0 Å². The van der Waals surface area contributed by atoms with Gasteiger partial charge in [0.2, 0.25) is 11.8 Å². The Morgan fingerprint density at radius 1 is 1.06 bits per heavy atom. The zero-order valence-electron chi connectivity index (χ0n) is 20.0. The number of nitrogens with one attached hydrogen (secondary N) is 2. The Kier molecular flexibility index (Phi) is 6.68. The Labute approximate surface area is 200 Å². The standard InChI is InChI=1S/C26H35N5O3/c1-17-28-21-9-7-8-20(24(21)26(34)31(17)22-10-11-23(32)29-25(22)33)27-12-5-3-2-4-6-13-30-15-18-14-19(18)16-30/h7-9,18-19,22,27H,2-6,10-16H2,1H3,(H,29,32,33). The molecule has 8 heteroatoms. The summed E-state index contributed by atoms with van der Waals surface area (Å²) in [7, 11) is 0. The molecule has 0 spiro atoms. The number of hydrogen-bond acceptors (Lipinski definition) is 6. The number of carbonyl (C=O) groups is 2. The fraction of sp³-hybridized carbons (Fsp3) is 0.615. The van der Waals surface area contributed by atoms with E-state index in [9.17, 15) is 14.4 Å². The molecule has 2 amide bonds.